The number of aromatic nitrogens is 5. The van der Waals surface area contributed by atoms with Crippen molar-refractivity contribution in [2.75, 3.05) is 13.6 Å². The summed E-state index contributed by atoms with van der Waals surface area (Å²) in [4.78, 5) is 22.2. The molecule has 0 saturated heterocycles. The molecule has 10 heteroatoms. The summed E-state index contributed by atoms with van der Waals surface area (Å²) in [6, 6.07) is 3.22. The van der Waals surface area contributed by atoms with Crippen molar-refractivity contribution in [1.82, 2.24) is 29.0 Å². The number of hydrogen-bond donors (Lipinski definition) is 1. The fraction of sp³-hybridized carbons (Fsp3) is 0.471. The van der Waals surface area contributed by atoms with Gasteiger partial charge in [0.05, 0.1) is 5.69 Å². The van der Waals surface area contributed by atoms with Gasteiger partial charge in [0.15, 0.2) is 11.3 Å². The monoisotopic (exact) mass is 380 g/mol. The predicted molar refractivity (Wildman–Crippen MR) is 91.2 cm³/mol. The molecule has 0 saturated carbocycles. The number of rotatable bonds is 4. The molecule has 1 atom stereocenters. The maximum Gasteiger partial charge on any atom is 0.434 e. The Bertz CT molecular complexity index is 1020. The van der Waals surface area contributed by atoms with Crippen molar-refractivity contribution >= 4 is 5.65 Å². The summed E-state index contributed by atoms with van der Waals surface area (Å²) in [6.07, 6.45) is -0.344. The zero-order chi connectivity index (χ0) is 19.2. The van der Waals surface area contributed by atoms with Crippen LogP contribution in [0.5, 0.6) is 0 Å². The minimum atomic E-state index is -4.41. The Labute approximate surface area is 152 Å². The molecule has 0 radical (unpaired) electrons. The lowest BCUT2D eigenvalue weighted by Crippen LogP contribution is -2.32. The minimum absolute atomic E-state index is 0.172. The van der Waals surface area contributed by atoms with Crippen LogP contribution in [0, 0.1) is 5.92 Å². The molecule has 4 heterocycles. The number of fused-ring (bicyclic) bond motifs is 2. The number of aryl methyl sites for hydroxylation is 1. The molecule has 0 amide bonds. The fourth-order valence-electron chi connectivity index (χ4n) is 3.64. The van der Waals surface area contributed by atoms with E-state index in [1.54, 1.807) is 16.8 Å². The van der Waals surface area contributed by atoms with Crippen molar-refractivity contribution in [3.05, 3.63) is 52.1 Å². The van der Waals surface area contributed by atoms with Gasteiger partial charge < -0.3 is 9.47 Å². The number of hydrogen-bond acceptors (Lipinski definition) is 4. The lowest BCUT2D eigenvalue weighted by atomic mass is 9.99. The number of alkyl halides is 3. The molecule has 144 valence electrons. The third kappa shape index (κ3) is 3.61. The summed E-state index contributed by atoms with van der Waals surface area (Å²) in [5, 5.41) is 2.80. The average Bonchev–Trinajstić information content (AvgIpc) is 3.20. The second-order valence-electron chi connectivity index (χ2n) is 7.04. The van der Waals surface area contributed by atoms with Gasteiger partial charge in [-0.05, 0) is 19.4 Å². The first kappa shape index (κ1) is 17.8. The third-order valence-corrected chi connectivity index (χ3v) is 4.82. The van der Waals surface area contributed by atoms with Crippen LogP contribution in [0.25, 0.3) is 5.65 Å². The number of imidazole rings is 1. The highest BCUT2D eigenvalue weighted by Gasteiger charge is 2.35. The highest BCUT2D eigenvalue weighted by atomic mass is 19.4. The maximum atomic E-state index is 12.8. The maximum absolute atomic E-state index is 12.8. The smallest absolute Gasteiger partial charge is 0.334 e. The number of aromatic amines is 1. The van der Waals surface area contributed by atoms with Crippen LogP contribution in [0.1, 0.15) is 23.6 Å². The van der Waals surface area contributed by atoms with Crippen molar-refractivity contribution in [3.63, 3.8) is 0 Å². The molecule has 1 aliphatic rings. The highest BCUT2D eigenvalue weighted by Crippen LogP contribution is 2.30. The Morgan fingerprint density at radius 2 is 2.19 bits per heavy atom. The average molecular weight is 380 g/mol. The van der Waals surface area contributed by atoms with E-state index in [-0.39, 0.29) is 11.5 Å². The van der Waals surface area contributed by atoms with Crippen LogP contribution in [0.2, 0.25) is 0 Å². The molecule has 0 aromatic carbocycles. The predicted octanol–water partition coefficient (Wildman–Crippen LogP) is 1.93. The molecule has 7 nitrogen and oxygen atoms in total. The second-order valence-corrected chi connectivity index (χ2v) is 7.04. The van der Waals surface area contributed by atoms with Gasteiger partial charge in [-0.3, -0.25) is 9.89 Å². The summed E-state index contributed by atoms with van der Waals surface area (Å²) in [5.41, 5.74) is 0.233. The van der Waals surface area contributed by atoms with Crippen LogP contribution in [0.4, 0.5) is 13.2 Å². The first-order chi connectivity index (χ1) is 12.8. The number of nitrogens with zero attached hydrogens (tertiary/aromatic N) is 5. The molecule has 0 bridgehead atoms. The number of nitrogens with one attached hydrogen (secondary N) is 1. The molecule has 0 unspecified atom stereocenters. The summed E-state index contributed by atoms with van der Waals surface area (Å²) < 4.78 is 41.4. The highest BCUT2D eigenvalue weighted by molar-refractivity contribution is 5.36. The molecule has 3 aromatic heterocycles. The van der Waals surface area contributed by atoms with E-state index in [1.807, 2.05) is 11.9 Å². The van der Waals surface area contributed by atoms with Gasteiger partial charge in [-0.2, -0.15) is 13.2 Å². The molecule has 1 aliphatic heterocycles. The standard InChI is InChI=1S/C17H19F3N6O/c1-24(9-12-6-16(27)26-15(22-12)4-5-21-26)7-11-2-3-14-23-13(17(18,19)20)10-25(14)8-11/h4-6,10-11,21H,2-3,7-9H2,1H3/t11-/m0/s1. The van der Waals surface area contributed by atoms with E-state index in [0.717, 1.165) is 12.6 Å². The zero-order valence-electron chi connectivity index (χ0n) is 14.7. The van der Waals surface area contributed by atoms with Crippen molar-refractivity contribution in [1.29, 1.82) is 0 Å². The molecule has 4 rings (SSSR count). The second kappa shape index (κ2) is 6.52. The Morgan fingerprint density at radius 3 is 2.96 bits per heavy atom. The summed E-state index contributed by atoms with van der Waals surface area (Å²) in [5.74, 6) is 0.712. The van der Waals surface area contributed by atoms with E-state index in [1.165, 1.54) is 10.6 Å². The lowest BCUT2D eigenvalue weighted by molar-refractivity contribution is -0.141. The van der Waals surface area contributed by atoms with Gasteiger partial charge in [0.25, 0.3) is 5.56 Å². The largest absolute Gasteiger partial charge is 0.434 e. The van der Waals surface area contributed by atoms with Crippen LogP contribution in [0.15, 0.2) is 29.3 Å². The minimum Gasteiger partial charge on any atom is -0.334 e. The van der Waals surface area contributed by atoms with Crippen molar-refractivity contribution in [3.8, 4) is 0 Å². The zero-order valence-corrected chi connectivity index (χ0v) is 14.7. The van der Waals surface area contributed by atoms with Gasteiger partial charge >= 0.3 is 6.18 Å². The van der Waals surface area contributed by atoms with E-state index in [2.05, 4.69) is 15.1 Å². The van der Waals surface area contributed by atoms with Gasteiger partial charge in [0.1, 0.15) is 5.82 Å². The first-order valence-electron chi connectivity index (χ1n) is 8.67. The molecular formula is C17H19F3N6O. The van der Waals surface area contributed by atoms with Crippen LogP contribution in [-0.2, 0) is 25.7 Å². The van der Waals surface area contributed by atoms with Gasteiger partial charge in [0.2, 0.25) is 0 Å². The van der Waals surface area contributed by atoms with Gasteiger partial charge in [-0.25, -0.2) is 14.5 Å². The van der Waals surface area contributed by atoms with Gasteiger partial charge in [-0.15, -0.1) is 0 Å². The Morgan fingerprint density at radius 1 is 1.37 bits per heavy atom. The SMILES string of the molecule is CN(Cc1cc(=O)n2[nH]ccc2n1)C[C@@H]1CCc2nc(C(F)(F)F)cn2C1. The Kier molecular flexibility index (Phi) is 4.29. The fourth-order valence-corrected chi connectivity index (χ4v) is 3.64. The molecule has 0 spiro atoms. The lowest BCUT2D eigenvalue weighted by Gasteiger charge is -2.27. The number of halogens is 3. The summed E-state index contributed by atoms with van der Waals surface area (Å²) >= 11 is 0. The van der Waals surface area contributed by atoms with Crippen molar-refractivity contribution in [2.24, 2.45) is 5.92 Å². The Hall–Kier alpha value is -2.62. The number of H-pyrrole nitrogens is 1. The summed E-state index contributed by atoms with van der Waals surface area (Å²) in [7, 11) is 1.92. The van der Waals surface area contributed by atoms with Crippen LogP contribution < -0.4 is 5.56 Å². The van der Waals surface area contributed by atoms with E-state index in [0.29, 0.717) is 43.2 Å². The third-order valence-electron chi connectivity index (χ3n) is 4.82. The molecular weight excluding hydrogens is 361 g/mol. The summed E-state index contributed by atoms with van der Waals surface area (Å²) in [6.45, 7) is 1.71. The topological polar surface area (TPSA) is 71.2 Å². The normalized spacial score (nSPS) is 17.6. The molecule has 27 heavy (non-hydrogen) atoms. The van der Waals surface area contributed by atoms with Crippen molar-refractivity contribution < 1.29 is 13.2 Å². The first-order valence-corrected chi connectivity index (χ1v) is 8.67. The van der Waals surface area contributed by atoms with Crippen LogP contribution >= 0.6 is 0 Å². The van der Waals surface area contributed by atoms with Crippen LogP contribution in [0.3, 0.4) is 0 Å². The Balaban J connectivity index is 1.42. The molecule has 0 aliphatic carbocycles. The molecule has 3 aromatic rings. The van der Waals surface area contributed by atoms with Crippen molar-refractivity contribution in [2.45, 2.75) is 32.1 Å². The quantitative estimate of drug-likeness (QED) is 0.751. The van der Waals surface area contributed by atoms with Gasteiger partial charge in [-0.1, -0.05) is 0 Å². The van der Waals surface area contributed by atoms with Crippen LogP contribution in [-0.4, -0.2) is 42.6 Å². The van der Waals surface area contributed by atoms with E-state index < -0.39 is 11.9 Å². The van der Waals surface area contributed by atoms with Gasteiger partial charge in [0, 0.05) is 50.6 Å². The molecule has 1 N–H and O–H groups in total. The van der Waals surface area contributed by atoms with E-state index >= 15 is 0 Å². The van der Waals surface area contributed by atoms with E-state index in [4.69, 9.17) is 0 Å². The molecule has 0 fully saturated rings. The van der Waals surface area contributed by atoms with E-state index in [9.17, 15) is 18.0 Å².